The molecule has 0 radical (unpaired) electrons. The molecule has 7 nitrogen and oxygen atoms in total. The first kappa shape index (κ1) is 23.6. The average molecular weight is 487 g/mol. The van der Waals surface area contributed by atoms with Gasteiger partial charge in [-0.2, -0.15) is 0 Å². The van der Waals surface area contributed by atoms with Gasteiger partial charge in [-0.05, 0) is 31.0 Å². The smallest absolute Gasteiger partial charge is 0.327 e. The number of rotatable bonds is 5. The Morgan fingerprint density at radius 3 is 2.48 bits per heavy atom. The van der Waals surface area contributed by atoms with Gasteiger partial charge in [-0.25, -0.2) is 14.8 Å². The molecule has 1 aromatic carbocycles. The van der Waals surface area contributed by atoms with Gasteiger partial charge >= 0.3 is 5.97 Å². The summed E-state index contributed by atoms with van der Waals surface area (Å²) in [6.07, 6.45) is 0.756. The maximum Gasteiger partial charge on any atom is 0.327 e. The quantitative estimate of drug-likeness (QED) is 0.503. The van der Waals surface area contributed by atoms with Crippen LogP contribution in [0.3, 0.4) is 0 Å². The molecule has 9 heteroatoms. The van der Waals surface area contributed by atoms with Crippen molar-refractivity contribution in [2.45, 2.75) is 33.2 Å². The molecule has 1 amide bonds. The lowest BCUT2D eigenvalue weighted by Crippen LogP contribution is -2.51. The Hall–Kier alpha value is -2.55. The van der Waals surface area contributed by atoms with Crippen molar-refractivity contribution >= 4 is 45.0 Å². The van der Waals surface area contributed by atoms with Crippen LogP contribution in [0.4, 0.5) is 0 Å². The summed E-state index contributed by atoms with van der Waals surface area (Å²) in [5.41, 5.74) is 2.56. The molecule has 1 aliphatic rings. The minimum Gasteiger partial charge on any atom is -0.468 e. The molecule has 0 bridgehead atoms. The van der Waals surface area contributed by atoms with Gasteiger partial charge in [0.2, 0.25) is 0 Å². The van der Waals surface area contributed by atoms with Crippen LogP contribution in [0.5, 0.6) is 0 Å². The molecule has 1 atom stereocenters. The standard InChI is InChI=1S/C24H27ClN4O3S/c1-5-18-26-15(3)19-14(2)21(33-22(19)27-18)23(30)29-12-10-28(11-13-29)20(24(31)32-4)16-8-6-7-9-17(16)25/h6-9,20H,5,10-13H2,1-4H3. The van der Waals surface area contributed by atoms with Crippen molar-refractivity contribution in [3.63, 3.8) is 0 Å². The summed E-state index contributed by atoms with van der Waals surface area (Å²) < 4.78 is 5.07. The van der Waals surface area contributed by atoms with E-state index in [1.165, 1.54) is 18.4 Å². The van der Waals surface area contributed by atoms with Gasteiger partial charge in [-0.1, -0.05) is 36.7 Å². The van der Waals surface area contributed by atoms with E-state index in [0.717, 1.165) is 33.7 Å². The number of carbonyl (C=O) groups is 2. The van der Waals surface area contributed by atoms with Gasteiger partial charge in [-0.3, -0.25) is 9.69 Å². The van der Waals surface area contributed by atoms with Gasteiger partial charge in [0.25, 0.3) is 5.91 Å². The van der Waals surface area contributed by atoms with Crippen LogP contribution in [-0.4, -0.2) is 64.9 Å². The SMILES string of the molecule is CCc1nc(C)c2c(C)c(C(=O)N3CCN(C(C(=O)OC)c4ccccc4Cl)CC3)sc2n1. The molecule has 3 aromatic rings. The third kappa shape index (κ3) is 4.47. The summed E-state index contributed by atoms with van der Waals surface area (Å²) in [5, 5.41) is 1.50. The highest BCUT2D eigenvalue weighted by molar-refractivity contribution is 7.20. The number of ether oxygens (including phenoxy) is 1. The number of benzene rings is 1. The Bertz CT molecular complexity index is 1200. The topological polar surface area (TPSA) is 75.6 Å². The fourth-order valence-corrected chi connectivity index (χ4v) is 5.82. The number of thiophene rings is 1. The summed E-state index contributed by atoms with van der Waals surface area (Å²) in [6, 6.07) is 6.70. The van der Waals surface area contributed by atoms with Gasteiger partial charge in [0.1, 0.15) is 16.7 Å². The highest BCUT2D eigenvalue weighted by Crippen LogP contribution is 2.33. The van der Waals surface area contributed by atoms with E-state index < -0.39 is 6.04 Å². The van der Waals surface area contributed by atoms with E-state index in [1.54, 1.807) is 6.07 Å². The Morgan fingerprint density at radius 1 is 1.15 bits per heavy atom. The molecule has 0 spiro atoms. The Morgan fingerprint density at radius 2 is 1.85 bits per heavy atom. The van der Waals surface area contributed by atoms with Gasteiger partial charge in [-0.15, -0.1) is 11.3 Å². The van der Waals surface area contributed by atoms with Crippen molar-refractivity contribution in [2.75, 3.05) is 33.3 Å². The number of carbonyl (C=O) groups excluding carboxylic acids is 2. The highest BCUT2D eigenvalue weighted by Gasteiger charge is 2.34. The maximum atomic E-state index is 13.4. The van der Waals surface area contributed by atoms with E-state index in [9.17, 15) is 9.59 Å². The number of methoxy groups -OCH3 is 1. The normalized spacial score (nSPS) is 15.6. The Balaban J connectivity index is 1.54. The monoisotopic (exact) mass is 486 g/mol. The minimum absolute atomic E-state index is 0.0000370. The van der Waals surface area contributed by atoms with E-state index in [0.29, 0.717) is 41.6 Å². The first-order valence-electron chi connectivity index (χ1n) is 11.0. The Kier molecular flexibility index (Phi) is 6.97. The third-order valence-corrected chi connectivity index (χ3v) is 7.64. The lowest BCUT2D eigenvalue weighted by atomic mass is 10.0. The third-order valence-electron chi connectivity index (χ3n) is 6.12. The molecule has 174 valence electrons. The second-order valence-corrected chi connectivity index (χ2v) is 9.50. The molecule has 0 saturated carbocycles. The number of piperazine rings is 1. The van der Waals surface area contributed by atoms with Gasteiger partial charge < -0.3 is 9.64 Å². The van der Waals surface area contributed by atoms with Crippen LogP contribution in [-0.2, 0) is 16.0 Å². The second-order valence-electron chi connectivity index (χ2n) is 8.09. The number of nitrogens with zero attached hydrogens (tertiary/aromatic N) is 4. The first-order chi connectivity index (χ1) is 15.8. The van der Waals surface area contributed by atoms with Crippen molar-refractivity contribution in [1.29, 1.82) is 0 Å². The van der Waals surface area contributed by atoms with Crippen LogP contribution in [0, 0.1) is 13.8 Å². The van der Waals surface area contributed by atoms with Crippen molar-refractivity contribution < 1.29 is 14.3 Å². The lowest BCUT2D eigenvalue weighted by Gasteiger charge is -2.38. The fourth-order valence-electron chi connectivity index (χ4n) is 4.36. The largest absolute Gasteiger partial charge is 0.468 e. The summed E-state index contributed by atoms with van der Waals surface area (Å²) in [6.45, 7) is 8.06. The number of hydrogen-bond acceptors (Lipinski definition) is 7. The zero-order valence-corrected chi connectivity index (χ0v) is 20.8. The summed E-state index contributed by atoms with van der Waals surface area (Å²) in [4.78, 5) is 40.7. The van der Waals surface area contributed by atoms with E-state index >= 15 is 0 Å². The molecule has 1 unspecified atom stereocenters. The van der Waals surface area contributed by atoms with Crippen LogP contribution in [0.1, 0.15) is 45.3 Å². The number of fused-ring (bicyclic) bond motifs is 1. The number of hydrogen-bond donors (Lipinski definition) is 0. The molecule has 4 rings (SSSR count). The molecule has 0 N–H and O–H groups in total. The van der Waals surface area contributed by atoms with Crippen LogP contribution < -0.4 is 0 Å². The van der Waals surface area contributed by atoms with Gasteiger partial charge in [0.05, 0.1) is 12.0 Å². The average Bonchev–Trinajstić information content (AvgIpc) is 3.16. The van der Waals surface area contributed by atoms with Crippen molar-refractivity contribution in [1.82, 2.24) is 19.8 Å². The molecule has 0 aliphatic carbocycles. The van der Waals surface area contributed by atoms with Crippen LogP contribution >= 0.6 is 22.9 Å². The first-order valence-corrected chi connectivity index (χ1v) is 12.2. The highest BCUT2D eigenvalue weighted by atomic mass is 35.5. The number of aryl methyl sites for hydroxylation is 3. The lowest BCUT2D eigenvalue weighted by molar-refractivity contribution is -0.148. The number of esters is 1. The zero-order valence-electron chi connectivity index (χ0n) is 19.2. The van der Waals surface area contributed by atoms with E-state index in [-0.39, 0.29) is 11.9 Å². The predicted octanol–water partition coefficient (Wildman–Crippen LogP) is 4.20. The molecule has 3 heterocycles. The van der Waals surface area contributed by atoms with E-state index in [2.05, 4.69) is 9.97 Å². The fraction of sp³-hybridized carbons (Fsp3) is 0.417. The molecule has 1 saturated heterocycles. The molecule has 2 aromatic heterocycles. The van der Waals surface area contributed by atoms with Crippen molar-refractivity contribution in [3.8, 4) is 0 Å². The molecule has 1 fully saturated rings. The van der Waals surface area contributed by atoms with Crippen molar-refractivity contribution in [2.24, 2.45) is 0 Å². The van der Waals surface area contributed by atoms with Crippen LogP contribution in [0.25, 0.3) is 10.2 Å². The molecular formula is C24H27ClN4O3S. The maximum absolute atomic E-state index is 13.4. The van der Waals surface area contributed by atoms with Gasteiger partial charge in [0.15, 0.2) is 0 Å². The summed E-state index contributed by atoms with van der Waals surface area (Å²) in [5.74, 6) is 0.436. The second kappa shape index (κ2) is 9.75. The minimum atomic E-state index is -0.600. The Labute approximate surface area is 202 Å². The van der Waals surface area contributed by atoms with Crippen LogP contribution in [0.2, 0.25) is 5.02 Å². The van der Waals surface area contributed by atoms with Crippen LogP contribution in [0.15, 0.2) is 24.3 Å². The molecular weight excluding hydrogens is 460 g/mol. The zero-order chi connectivity index (χ0) is 23.7. The van der Waals surface area contributed by atoms with Gasteiger partial charge in [0, 0.05) is 48.7 Å². The number of amides is 1. The summed E-state index contributed by atoms with van der Waals surface area (Å²) in [7, 11) is 1.38. The number of halogens is 1. The predicted molar refractivity (Wildman–Crippen MR) is 130 cm³/mol. The number of aromatic nitrogens is 2. The summed E-state index contributed by atoms with van der Waals surface area (Å²) >= 11 is 7.82. The van der Waals surface area contributed by atoms with E-state index in [1.807, 2.05) is 48.8 Å². The van der Waals surface area contributed by atoms with Crippen molar-refractivity contribution in [3.05, 3.63) is 56.8 Å². The van der Waals surface area contributed by atoms with E-state index in [4.69, 9.17) is 16.3 Å². The molecule has 33 heavy (non-hydrogen) atoms. The molecule has 1 aliphatic heterocycles.